The maximum Gasteiger partial charge on any atom is 0.416 e. The standard InChI is InChI=1S/C19H22F3N3O3/c1-2-12(9-11-3-5-14(6-4-11)19(20,21)22)15(26)23-10-18(13-7-8-13)16(27)24-17(28)25-18/h3-6,12-13H,2,7-10H2,1H3,(H,23,26)(H2,24,25,27,28). The van der Waals surface area contributed by atoms with Crippen molar-refractivity contribution in [3.63, 3.8) is 0 Å². The van der Waals surface area contributed by atoms with Crippen LogP contribution in [0.4, 0.5) is 18.0 Å². The Hall–Kier alpha value is -2.58. The molecule has 28 heavy (non-hydrogen) atoms. The molecule has 152 valence electrons. The number of halogens is 3. The Morgan fingerprint density at radius 3 is 2.36 bits per heavy atom. The zero-order chi connectivity index (χ0) is 20.5. The molecule has 1 aromatic carbocycles. The molecule has 6 nitrogen and oxygen atoms in total. The van der Waals surface area contributed by atoms with E-state index in [1.165, 1.54) is 12.1 Å². The molecule has 1 aliphatic carbocycles. The minimum atomic E-state index is -4.40. The van der Waals surface area contributed by atoms with Gasteiger partial charge in [0.25, 0.3) is 5.91 Å². The van der Waals surface area contributed by atoms with E-state index in [1.54, 1.807) is 0 Å². The molecule has 3 N–H and O–H groups in total. The zero-order valence-electron chi connectivity index (χ0n) is 15.4. The third-order valence-electron chi connectivity index (χ3n) is 5.41. The second kappa shape index (κ2) is 7.44. The number of alkyl halides is 3. The number of carbonyl (C=O) groups excluding carboxylic acids is 3. The normalized spacial score (nSPS) is 23.1. The molecule has 1 heterocycles. The fraction of sp³-hybridized carbons (Fsp3) is 0.526. The van der Waals surface area contributed by atoms with Crippen molar-refractivity contribution in [2.24, 2.45) is 11.8 Å². The Morgan fingerprint density at radius 2 is 1.89 bits per heavy atom. The summed E-state index contributed by atoms with van der Waals surface area (Å²) in [6, 6.07) is 4.17. The quantitative estimate of drug-likeness (QED) is 0.618. The molecule has 1 aliphatic heterocycles. The van der Waals surface area contributed by atoms with Crippen LogP contribution in [0.3, 0.4) is 0 Å². The lowest BCUT2D eigenvalue weighted by Crippen LogP contribution is -2.57. The number of urea groups is 1. The lowest BCUT2D eigenvalue weighted by molar-refractivity contribution is -0.137. The van der Waals surface area contributed by atoms with E-state index in [0.717, 1.165) is 25.0 Å². The van der Waals surface area contributed by atoms with Crippen LogP contribution in [0, 0.1) is 11.8 Å². The number of hydrogen-bond donors (Lipinski definition) is 3. The highest BCUT2D eigenvalue weighted by atomic mass is 19.4. The summed E-state index contributed by atoms with van der Waals surface area (Å²) in [5.74, 6) is -1.19. The van der Waals surface area contributed by atoms with Gasteiger partial charge in [0.15, 0.2) is 0 Å². The van der Waals surface area contributed by atoms with Crippen LogP contribution >= 0.6 is 0 Å². The van der Waals surface area contributed by atoms with Crippen molar-refractivity contribution in [3.05, 3.63) is 35.4 Å². The first-order valence-electron chi connectivity index (χ1n) is 9.23. The molecule has 2 fully saturated rings. The smallest absolute Gasteiger partial charge is 0.353 e. The summed E-state index contributed by atoms with van der Waals surface area (Å²) >= 11 is 0. The summed E-state index contributed by atoms with van der Waals surface area (Å²) in [7, 11) is 0. The fourth-order valence-electron chi connectivity index (χ4n) is 3.55. The van der Waals surface area contributed by atoms with Gasteiger partial charge in [0, 0.05) is 5.92 Å². The molecule has 0 aromatic heterocycles. The first kappa shape index (κ1) is 20.2. The lowest BCUT2D eigenvalue weighted by Gasteiger charge is -2.27. The van der Waals surface area contributed by atoms with Crippen LogP contribution < -0.4 is 16.0 Å². The van der Waals surface area contributed by atoms with Crippen LogP contribution in [0.5, 0.6) is 0 Å². The van der Waals surface area contributed by atoms with Crippen LogP contribution in [0.2, 0.25) is 0 Å². The summed E-state index contributed by atoms with van der Waals surface area (Å²) in [6.45, 7) is 1.81. The highest BCUT2D eigenvalue weighted by Gasteiger charge is 2.56. The van der Waals surface area contributed by atoms with Gasteiger partial charge in [-0.3, -0.25) is 14.9 Å². The van der Waals surface area contributed by atoms with Crippen LogP contribution in [-0.4, -0.2) is 29.9 Å². The van der Waals surface area contributed by atoms with Gasteiger partial charge in [-0.05, 0) is 49.3 Å². The monoisotopic (exact) mass is 397 g/mol. The largest absolute Gasteiger partial charge is 0.416 e. The number of nitrogens with one attached hydrogen (secondary N) is 3. The average molecular weight is 397 g/mol. The van der Waals surface area contributed by atoms with Gasteiger partial charge in [-0.1, -0.05) is 19.1 Å². The zero-order valence-corrected chi connectivity index (χ0v) is 15.4. The topological polar surface area (TPSA) is 87.3 Å². The van der Waals surface area contributed by atoms with E-state index in [0.29, 0.717) is 12.0 Å². The van der Waals surface area contributed by atoms with Crippen molar-refractivity contribution in [1.29, 1.82) is 0 Å². The Morgan fingerprint density at radius 1 is 1.25 bits per heavy atom. The van der Waals surface area contributed by atoms with Crippen LogP contribution in [0.25, 0.3) is 0 Å². The van der Waals surface area contributed by atoms with E-state index < -0.39 is 35.1 Å². The molecule has 1 saturated carbocycles. The third-order valence-corrected chi connectivity index (χ3v) is 5.41. The Kier molecular flexibility index (Phi) is 5.36. The van der Waals surface area contributed by atoms with Crippen molar-refractivity contribution in [2.45, 2.75) is 44.3 Å². The van der Waals surface area contributed by atoms with Gasteiger partial charge < -0.3 is 10.6 Å². The fourth-order valence-corrected chi connectivity index (χ4v) is 3.55. The van der Waals surface area contributed by atoms with Gasteiger partial charge in [0.2, 0.25) is 5.91 Å². The molecule has 3 rings (SSSR count). The maximum absolute atomic E-state index is 12.7. The predicted octanol–water partition coefficient (Wildman–Crippen LogP) is 2.38. The molecule has 2 aliphatic rings. The second-order valence-electron chi connectivity index (χ2n) is 7.38. The minimum absolute atomic E-state index is 0.00240. The van der Waals surface area contributed by atoms with E-state index >= 15 is 0 Å². The number of imide groups is 1. The number of carbonyl (C=O) groups is 3. The van der Waals surface area contributed by atoms with Crippen molar-refractivity contribution in [1.82, 2.24) is 16.0 Å². The maximum atomic E-state index is 12.7. The Labute approximate surface area is 160 Å². The van der Waals surface area contributed by atoms with E-state index in [4.69, 9.17) is 0 Å². The van der Waals surface area contributed by atoms with Gasteiger partial charge in [-0.2, -0.15) is 13.2 Å². The molecule has 2 atom stereocenters. The third kappa shape index (κ3) is 4.13. The van der Waals surface area contributed by atoms with Crippen LogP contribution in [0.15, 0.2) is 24.3 Å². The molecule has 1 aromatic rings. The highest BCUT2D eigenvalue weighted by Crippen LogP contribution is 2.41. The lowest BCUT2D eigenvalue weighted by atomic mass is 9.91. The molecule has 9 heteroatoms. The molecular weight excluding hydrogens is 375 g/mol. The van der Waals surface area contributed by atoms with E-state index in [2.05, 4.69) is 16.0 Å². The highest BCUT2D eigenvalue weighted by molar-refractivity contribution is 6.07. The summed E-state index contributed by atoms with van der Waals surface area (Å²) in [4.78, 5) is 36.3. The molecule has 2 unspecified atom stereocenters. The van der Waals surface area contributed by atoms with E-state index in [1.807, 2.05) is 6.92 Å². The second-order valence-corrected chi connectivity index (χ2v) is 7.38. The molecular formula is C19H22F3N3O3. The Bertz CT molecular complexity index is 775. The van der Waals surface area contributed by atoms with Gasteiger partial charge in [0.05, 0.1) is 12.1 Å². The van der Waals surface area contributed by atoms with Crippen molar-refractivity contribution < 1.29 is 27.6 Å². The summed E-state index contributed by atoms with van der Waals surface area (Å²) in [5, 5.41) is 7.61. The SMILES string of the molecule is CCC(Cc1ccc(C(F)(F)F)cc1)C(=O)NCC1(C2CC2)NC(=O)NC1=O. The first-order chi connectivity index (χ1) is 13.2. The van der Waals surface area contributed by atoms with Crippen molar-refractivity contribution in [3.8, 4) is 0 Å². The summed E-state index contributed by atoms with van der Waals surface area (Å²) in [6.07, 6.45) is -2.03. The first-order valence-corrected chi connectivity index (χ1v) is 9.23. The van der Waals surface area contributed by atoms with E-state index in [-0.39, 0.29) is 24.8 Å². The van der Waals surface area contributed by atoms with Crippen molar-refractivity contribution in [2.75, 3.05) is 6.54 Å². The van der Waals surface area contributed by atoms with Crippen LogP contribution in [-0.2, 0) is 22.2 Å². The number of rotatable bonds is 7. The Balaban J connectivity index is 1.62. The van der Waals surface area contributed by atoms with Crippen molar-refractivity contribution >= 4 is 17.8 Å². The van der Waals surface area contributed by atoms with E-state index in [9.17, 15) is 27.6 Å². The average Bonchev–Trinajstić information content (AvgIpc) is 3.43. The molecule has 0 spiro atoms. The summed E-state index contributed by atoms with van der Waals surface area (Å²) in [5.41, 5.74) is -1.22. The van der Waals surface area contributed by atoms with Gasteiger partial charge in [-0.15, -0.1) is 0 Å². The van der Waals surface area contributed by atoms with Gasteiger partial charge >= 0.3 is 12.2 Å². The minimum Gasteiger partial charge on any atom is -0.353 e. The predicted molar refractivity (Wildman–Crippen MR) is 94.1 cm³/mol. The molecule has 4 amide bonds. The van der Waals surface area contributed by atoms with Gasteiger partial charge in [0.1, 0.15) is 5.54 Å². The number of hydrogen-bond acceptors (Lipinski definition) is 3. The number of benzene rings is 1. The van der Waals surface area contributed by atoms with Crippen LogP contribution in [0.1, 0.15) is 37.3 Å². The molecule has 1 saturated heterocycles. The molecule has 0 radical (unpaired) electrons. The summed E-state index contributed by atoms with van der Waals surface area (Å²) < 4.78 is 38.0. The number of amides is 4. The molecule has 0 bridgehead atoms. The van der Waals surface area contributed by atoms with Gasteiger partial charge in [-0.25, -0.2) is 4.79 Å².